The molecule has 0 atom stereocenters. The highest BCUT2D eigenvalue weighted by Gasteiger charge is 2.36. The number of piperazine rings is 1. The Balaban J connectivity index is 1.73. The number of aromatic nitrogens is 2. The van der Waals surface area contributed by atoms with Crippen molar-refractivity contribution in [1.29, 1.82) is 0 Å². The lowest BCUT2D eigenvalue weighted by Crippen LogP contribution is -2.49. The van der Waals surface area contributed by atoms with E-state index in [0.29, 0.717) is 24.7 Å². The van der Waals surface area contributed by atoms with Crippen LogP contribution in [0.3, 0.4) is 0 Å². The summed E-state index contributed by atoms with van der Waals surface area (Å²) in [6.45, 7) is 0.856. The minimum absolute atomic E-state index is 0.0970. The molecule has 0 unspecified atom stereocenters. The van der Waals surface area contributed by atoms with Crippen LogP contribution in [-0.2, 0) is 10.0 Å². The predicted octanol–water partition coefficient (Wildman–Crippen LogP) is 1.95. The zero-order chi connectivity index (χ0) is 21.2. The summed E-state index contributed by atoms with van der Waals surface area (Å²) in [5, 5.41) is 8.24. The molecule has 3 rings (SSSR count). The van der Waals surface area contributed by atoms with E-state index in [1.807, 2.05) is 23.9 Å². The van der Waals surface area contributed by atoms with Crippen molar-refractivity contribution >= 4 is 21.7 Å². The molecule has 1 aromatic carbocycles. The maximum absolute atomic E-state index is 12.9. The van der Waals surface area contributed by atoms with Crippen LogP contribution in [0.5, 0.6) is 5.75 Å². The number of anilines is 2. The summed E-state index contributed by atoms with van der Waals surface area (Å²) in [5.41, 5.74) is 0. The van der Waals surface area contributed by atoms with Crippen molar-refractivity contribution < 1.29 is 26.3 Å². The van der Waals surface area contributed by atoms with Crippen LogP contribution in [0.15, 0.2) is 41.3 Å². The average molecular weight is 431 g/mol. The predicted molar refractivity (Wildman–Crippen MR) is 100 cm³/mol. The van der Waals surface area contributed by atoms with E-state index in [0.717, 1.165) is 16.4 Å². The molecule has 0 aliphatic carbocycles. The van der Waals surface area contributed by atoms with E-state index in [1.165, 1.54) is 12.1 Å². The number of alkyl halides is 3. The zero-order valence-corrected chi connectivity index (χ0v) is 16.6. The normalized spacial score (nSPS) is 16.0. The van der Waals surface area contributed by atoms with E-state index in [9.17, 15) is 21.6 Å². The quantitative estimate of drug-likeness (QED) is 0.716. The highest BCUT2D eigenvalue weighted by Crippen LogP contribution is 2.31. The fraction of sp³-hybridized carbons (Fsp3) is 0.412. The smallest absolute Gasteiger partial charge is 0.404 e. The summed E-state index contributed by atoms with van der Waals surface area (Å²) in [6.07, 6.45) is -4.98. The average Bonchev–Trinajstić information content (AvgIpc) is 2.67. The molecular weight excluding hydrogens is 411 g/mol. The first kappa shape index (κ1) is 21.1. The van der Waals surface area contributed by atoms with Crippen molar-refractivity contribution in [2.24, 2.45) is 0 Å². The first-order valence-corrected chi connectivity index (χ1v) is 10.1. The molecule has 1 saturated heterocycles. The Bertz CT molecular complexity index is 944. The summed E-state index contributed by atoms with van der Waals surface area (Å²) in [7, 11) is -0.468. The van der Waals surface area contributed by atoms with E-state index in [4.69, 9.17) is 0 Å². The molecule has 1 aromatic heterocycles. The lowest BCUT2D eigenvalue weighted by molar-refractivity contribution is -0.275. The van der Waals surface area contributed by atoms with Crippen LogP contribution in [0, 0.1) is 0 Å². The van der Waals surface area contributed by atoms with Crippen LogP contribution in [-0.4, -0.2) is 69.6 Å². The van der Waals surface area contributed by atoms with Crippen molar-refractivity contribution in [3.05, 3.63) is 36.4 Å². The molecule has 1 aliphatic heterocycles. The van der Waals surface area contributed by atoms with Gasteiger partial charge in [0.05, 0.1) is 0 Å². The number of nitrogens with zero attached hydrogens (tertiary/aromatic N) is 5. The van der Waals surface area contributed by atoms with E-state index >= 15 is 0 Å². The molecule has 1 aliphatic rings. The Morgan fingerprint density at radius 3 is 2.21 bits per heavy atom. The fourth-order valence-electron chi connectivity index (χ4n) is 2.89. The summed E-state index contributed by atoms with van der Waals surface area (Å²) >= 11 is 0. The Morgan fingerprint density at radius 2 is 1.66 bits per heavy atom. The van der Waals surface area contributed by atoms with Crippen molar-refractivity contribution in [2.75, 3.05) is 50.1 Å². The Morgan fingerprint density at radius 1 is 1.00 bits per heavy atom. The standard InChI is InChI=1S/C17H20F3N5O3S/c1-23(2)15-7-8-16(22-21-15)24-9-11-25(12-10-24)29(26,27)14-6-4-3-5-13(14)28-17(18,19)20/h3-8H,9-12H2,1-2H3. The molecule has 0 amide bonds. The van der Waals surface area contributed by atoms with Gasteiger partial charge in [0.15, 0.2) is 11.6 Å². The zero-order valence-electron chi connectivity index (χ0n) is 15.8. The molecule has 2 aromatic rings. The minimum Gasteiger partial charge on any atom is -0.404 e. The van der Waals surface area contributed by atoms with Crippen molar-refractivity contribution in [1.82, 2.24) is 14.5 Å². The Labute approximate surface area is 166 Å². The second-order valence-electron chi connectivity index (χ2n) is 6.53. The lowest BCUT2D eigenvalue weighted by atomic mass is 10.3. The maximum atomic E-state index is 12.9. The number of hydrogen-bond donors (Lipinski definition) is 0. The van der Waals surface area contributed by atoms with Gasteiger partial charge in [-0.1, -0.05) is 12.1 Å². The summed E-state index contributed by atoms with van der Waals surface area (Å²) in [5.74, 6) is 0.553. The van der Waals surface area contributed by atoms with Gasteiger partial charge in [-0.15, -0.1) is 23.4 Å². The second kappa shape index (κ2) is 8.03. The van der Waals surface area contributed by atoms with Gasteiger partial charge in [-0.25, -0.2) is 8.42 Å². The van der Waals surface area contributed by atoms with Gasteiger partial charge in [-0.05, 0) is 24.3 Å². The molecule has 0 radical (unpaired) electrons. The second-order valence-corrected chi connectivity index (χ2v) is 8.44. The lowest BCUT2D eigenvalue weighted by Gasteiger charge is -2.34. The topological polar surface area (TPSA) is 78.9 Å². The molecule has 0 spiro atoms. The molecule has 0 N–H and O–H groups in total. The number of benzene rings is 1. The Kier molecular flexibility index (Phi) is 5.85. The SMILES string of the molecule is CN(C)c1ccc(N2CCN(S(=O)(=O)c3ccccc3OC(F)(F)F)CC2)nn1. The van der Waals surface area contributed by atoms with Crippen LogP contribution in [0.2, 0.25) is 0 Å². The van der Waals surface area contributed by atoms with Crippen LogP contribution < -0.4 is 14.5 Å². The van der Waals surface area contributed by atoms with E-state index in [-0.39, 0.29) is 13.1 Å². The first-order valence-electron chi connectivity index (χ1n) is 8.69. The summed E-state index contributed by atoms with van der Waals surface area (Å²) in [4.78, 5) is 3.17. The van der Waals surface area contributed by atoms with Gasteiger partial charge in [0.1, 0.15) is 10.6 Å². The largest absolute Gasteiger partial charge is 0.573 e. The van der Waals surface area contributed by atoms with Gasteiger partial charge in [-0.3, -0.25) is 0 Å². The van der Waals surface area contributed by atoms with Crippen LogP contribution in [0.25, 0.3) is 0 Å². The number of rotatable bonds is 5. The van der Waals surface area contributed by atoms with Gasteiger partial charge in [-0.2, -0.15) is 4.31 Å². The number of ether oxygens (including phenoxy) is 1. The van der Waals surface area contributed by atoms with Gasteiger partial charge in [0.2, 0.25) is 10.0 Å². The third kappa shape index (κ3) is 4.88. The van der Waals surface area contributed by atoms with E-state index < -0.39 is 27.0 Å². The molecule has 158 valence electrons. The van der Waals surface area contributed by atoms with Crippen molar-refractivity contribution in [3.63, 3.8) is 0 Å². The number of sulfonamides is 1. The third-order valence-corrected chi connectivity index (χ3v) is 6.29. The molecule has 12 heteroatoms. The third-order valence-electron chi connectivity index (χ3n) is 4.35. The Hall–Kier alpha value is -2.60. The first-order chi connectivity index (χ1) is 13.6. The maximum Gasteiger partial charge on any atom is 0.573 e. The number of para-hydroxylation sites is 1. The summed E-state index contributed by atoms with van der Waals surface area (Å²) < 4.78 is 68.6. The summed E-state index contributed by atoms with van der Waals surface area (Å²) in [6, 6.07) is 8.32. The molecule has 8 nitrogen and oxygen atoms in total. The van der Waals surface area contributed by atoms with Gasteiger partial charge >= 0.3 is 6.36 Å². The van der Waals surface area contributed by atoms with E-state index in [1.54, 1.807) is 12.1 Å². The molecule has 0 bridgehead atoms. The molecule has 1 fully saturated rings. The number of halogens is 3. The monoisotopic (exact) mass is 431 g/mol. The van der Waals surface area contributed by atoms with Crippen LogP contribution in [0.1, 0.15) is 0 Å². The molecule has 29 heavy (non-hydrogen) atoms. The van der Waals surface area contributed by atoms with Gasteiger partial charge < -0.3 is 14.5 Å². The highest BCUT2D eigenvalue weighted by atomic mass is 32.2. The van der Waals surface area contributed by atoms with Gasteiger partial charge in [0, 0.05) is 40.3 Å². The van der Waals surface area contributed by atoms with Crippen molar-refractivity contribution in [2.45, 2.75) is 11.3 Å². The molecule has 0 saturated carbocycles. The molecular formula is C17H20F3N5O3S. The molecule has 2 heterocycles. The van der Waals surface area contributed by atoms with Crippen LogP contribution in [0.4, 0.5) is 24.8 Å². The van der Waals surface area contributed by atoms with Gasteiger partial charge in [0.25, 0.3) is 0 Å². The van der Waals surface area contributed by atoms with Crippen LogP contribution >= 0.6 is 0 Å². The van der Waals surface area contributed by atoms with E-state index in [2.05, 4.69) is 14.9 Å². The van der Waals surface area contributed by atoms with Crippen molar-refractivity contribution in [3.8, 4) is 5.75 Å². The highest BCUT2D eigenvalue weighted by molar-refractivity contribution is 7.89. The fourth-order valence-corrected chi connectivity index (χ4v) is 4.43. The minimum atomic E-state index is -4.98. The number of hydrogen-bond acceptors (Lipinski definition) is 7.